The Morgan fingerprint density at radius 3 is 1.98 bits per heavy atom. The van der Waals surface area contributed by atoms with Gasteiger partial charge in [-0.05, 0) is 69.9 Å². The molecule has 218 valence electrons. The Labute approximate surface area is 238 Å². The summed E-state index contributed by atoms with van der Waals surface area (Å²) in [4.78, 5) is 38.8. The first-order chi connectivity index (χ1) is 19.0. The Morgan fingerprint density at radius 1 is 0.900 bits per heavy atom. The van der Waals surface area contributed by atoms with Crippen molar-refractivity contribution < 1.29 is 24.2 Å². The molecule has 0 spiro atoms. The van der Waals surface area contributed by atoms with Crippen LogP contribution in [0, 0.1) is 11.8 Å². The predicted octanol–water partition coefficient (Wildman–Crippen LogP) is 4.28. The average molecular weight is 552 g/mol. The van der Waals surface area contributed by atoms with Crippen LogP contribution in [0.5, 0.6) is 0 Å². The van der Waals surface area contributed by atoms with E-state index in [2.05, 4.69) is 10.6 Å². The van der Waals surface area contributed by atoms with E-state index >= 15 is 0 Å². The summed E-state index contributed by atoms with van der Waals surface area (Å²) in [5.41, 5.74) is 6.90. The Bertz CT molecular complexity index is 1080. The van der Waals surface area contributed by atoms with Gasteiger partial charge in [0, 0.05) is 5.92 Å². The van der Waals surface area contributed by atoms with E-state index in [1.165, 1.54) is 0 Å². The van der Waals surface area contributed by atoms with Crippen LogP contribution in [0.2, 0.25) is 0 Å². The van der Waals surface area contributed by atoms with Crippen LogP contribution in [-0.4, -0.2) is 46.8 Å². The van der Waals surface area contributed by atoms with Crippen molar-refractivity contribution in [3.05, 3.63) is 71.8 Å². The number of nitrogens with one attached hydrogen (secondary N) is 2. The number of nitrogens with two attached hydrogens (primary N) is 1. The number of rotatable bonds is 12. The summed E-state index contributed by atoms with van der Waals surface area (Å²) in [6, 6.07) is 17.7. The van der Waals surface area contributed by atoms with Crippen molar-refractivity contribution in [1.82, 2.24) is 10.6 Å². The molecule has 2 aromatic rings. The molecule has 0 bridgehead atoms. The molecule has 3 amide bonds. The molecule has 2 aromatic carbocycles. The number of primary amides is 1. The lowest BCUT2D eigenvalue weighted by atomic mass is 9.83. The molecule has 0 aliphatic heterocycles. The number of carbonyl (C=O) groups excluding carboxylic acids is 3. The largest absolute Gasteiger partial charge is 0.444 e. The molecule has 0 unspecified atom stereocenters. The fourth-order valence-electron chi connectivity index (χ4n) is 5.41. The predicted molar refractivity (Wildman–Crippen MR) is 155 cm³/mol. The molecule has 0 heterocycles. The fraction of sp³-hybridized carbons (Fsp3) is 0.531. The van der Waals surface area contributed by atoms with Crippen LogP contribution in [-0.2, 0) is 27.2 Å². The molecule has 40 heavy (non-hydrogen) atoms. The summed E-state index contributed by atoms with van der Waals surface area (Å²) in [5, 5.41) is 17.2. The van der Waals surface area contributed by atoms with Crippen LogP contribution >= 0.6 is 0 Å². The minimum absolute atomic E-state index is 0.0113. The van der Waals surface area contributed by atoms with Gasteiger partial charge in [-0.1, -0.05) is 79.9 Å². The minimum Gasteiger partial charge on any atom is -0.444 e. The number of benzene rings is 2. The van der Waals surface area contributed by atoms with Gasteiger partial charge in [-0.3, -0.25) is 9.59 Å². The topological polar surface area (TPSA) is 131 Å². The second kappa shape index (κ2) is 14.8. The molecule has 0 aromatic heterocycles. The Kier molecular flexibility index (Phi) is 11.6. The molecule has 1 saturated carbocycles. The number of amides is 3. The average Bonchev–Trinajstić information content (AvgIpc) is 2.91. The molecular formula is C32H45N3O5. The maximum atomic E-state index is 13.7. The van der Waals surface area contributed by atoms with Gasteiger partial charge in [0.25, 0.3) is 0 Å². The quantitative estimate of drug-likeness (QED) is 0.313. The highest BCUT2D eigenvalue weighted by atomic mass is 16.6. The lowest BCUT2D eigenvalue weighted by molar-refractivity contribution is -0.132. The van der Waals surface area contributed by atoms with Crippen molar-refractivity contribution >= 4 is 17.9 Å². The van der Waals surface area contributed by atoms with Crippen molar-refractivity contribution in [3.63, 3.8) is 0 Å². The van der Waals surface area contributed by atoms with E-state index in [1.807, 2.05) is 60.7 Å². The molecule has 0 saturated heterocycles. The first kappa shape index (κ1) is 31.1. The third-order valence-corrected chi connectivity index (χ3v) is 7.41. The summed E-state index contributed by atoms with van der Waals surface area (Å²) in [6.45, 7) is 5.32. The number of aliphatic hydroxyl groups excluding tert-OH is 1. The van der Waals surface area contributed by atoms with Crippen LogP contribution in [0.4, 0.5) is 4.79 Å². The van der Waals surface area contributed by atoms with Crippen LogP contribution in [0.25, 0.3) is 0 Å². The third kappa shape index (κ3) is 10.3. The summed E-state index contributed by atoms with van der Waals surface area (Å²) in [7, 11) is 0. The van der Waals surface area contributed by atoms with Gasteiger partial charge in [0.05, 0.1) is 12.1 Å². The molecule has 3 rings (SSSR count). The van der Waals surface area contributed by atoms with Crippen molar-refractivity contribution in [2.24, 2.45) is 17.6 Å². The van der Waals surface area contributed by atoms with E-state index in [9.17, 15) is 19.5 Å². The maximum absolute atomic E-state index is 13.7. The van der Waals surface area contributed by atoms with Crippen LogP contribution in [0.3, 0.4) is 0 Å². The zero-order valence-electron chi connectivity index (χ0n) is 24.0. The van der Waals surface area contributed by atoms with Gasteiger partial charge in [-0.2, -0.15) is 0 Å². The maximum Gasteiger partial charge on any atom is 0.407 e. The van der Waals surface area contributed by atoms with Crippen LogP contribution < -0.4 is 16.4 Å². The SMILES string of the molecule is CC(C)(C)OC(=O)N[C@@H](Cc1ccccc1)[C@@H](O)C[C@H](Cc1ccccc1)C(=O)N[C@H](C(N)=O)C1CCCCC1. The van der Waals surface area contributed by atoms with Gasteiger partial charge in [0.2, 0.25) is 11.8 Å². The van der Waals surface area contributed by atoms with Crippen LogP contribution in [0.1, 0.15) is 70.4 Å². The molecule has 8 heteroatoms. The standard InChI is InChI=1S/C32H45N3O5/c1-32(2,3)40-31(39)34-26(20-23-15-9-5-10-16-23)27(36)21-25(19-22-13-7-4-8-14-22)30(38)35-28(29(33)37)24-17-11-6-12-18-24/h4-5,7-10,13-16,24-28,36H,6,11-12,17-21H2,1-3H3,(H2,33,37)(H,34,39)(H,35,38)/t25-,26-,27-,28-/m0/s1. The van der Waals surface area contributed by atoms with Crippen molar-refractivity contribution in [2.75, 3.05) is 0 Å². The molecule has 5 N–H and O–H groups in total. The first-order valence-corrected chi connectivity index (χ1v) is 14.4. The second-order valence-corrected chi connectivity index (χ2v) is 11.9. The van der Waals surface area contributed by atoms with Crippen LogP contribution in [0.15, 0.2) is 60.7 Å². The molecule has 8 nitrogen and oxygen atoms in total. The van der Waals surface area contributed by atoms with Gasteiger partial charge in [-0.25, -0.2) is 4.79 Å². The van der Waals surface area contributed by atoms with Crippen molar-refractivity contribution in [1.29, 1.82) is 0 Å². The van der Waals surface area contributed by atoms with Crippen molar-refractivity contribution in [3.8, 4) is 0 Å². The van der Waals surface area contributed by atoms with Gasteiger partial charge < -0.3 is 26.2 Å². The Hall–Kier alpha value is -3.39. The summed E-state index contributed by atoms with van der Waals surface area (Å²) in [6.07, 6.45) is 3.92. The van der Waals surface area contributed by atoms with E-state index in [-0.39, 0.29) is 18.2 Å². The highest BCUT2D eigenvalue weighted by molar-refractivity contribution is 5.88. The lowest BCUT2D eigenvalue weighted by Crippen LogP contribution is -2.52. The van der Waals surface area contributed by atoms with Crippen molar-refractivity contribution in [2.45, 2.75) is 95.9 Å². The monoisotopic (exact) mass is 551 g/mol. The first-order valence-electron chi connectivity index (χ1n) is 14.4. The minimum atomic E-state index is -1.06. The molecular weight excluding hydrogens is 506 g/mol. The molecule has 0 radical (unpaired) electrons. The Morgan fingerprint density at radius 2 is 1.45 bits per heavy atom. The summed E-state index contributed by atoms with van der Waals surface area (Å²) >= 11 is 0. The molecule has 1 aliphatic rings. The zero-order valence-corrected chi connectivity index (χ0v) is 24.0. The van der Waals surface area contributed by atoms with E-state index < -0.39 is 41.7 Å². The highest BCUT2D eigenvalue weighted by Gasteiger charge is 2.34. The van der Waals surface area contributed by atoms with Gasteiger partial charge in [-0.15, -0.1) is 0 Å². The normalized spacial score (nSPS) is 17.2. The number of ether oxygens (including phenoxy) is 1. The third-order valence-electron chi connectivity index (χ3n) is 7.41. The van der Waals surface area contributed by atoms with E-state index in [0.717, 1.165) is 43.2 Å². The van der Waals surface area contributed by atoms with Gasteiger partial charge >= 0.3 is 6.09 Å². The number of carbonyl (C=O) groups is 3. The summed E-state index contributed by atoms with van der Waals surface area (Å²) in [5.74, 6) is -1.50. The molecule has 1 fully saturated rings. The van der Waals surface area contributed by atoms with Gasteiger partial charge in [0.1, 0.15) is 11.6 Å². The Balaban J connectivity index is 1.81. The summed E-state index contributed by atoms with van der Waals surface area (Å²) < 4.78 is 5.46. The number of hydrogen-bond donors (Lipinski definition) is 4. The van der Waals surface area contributed by atoms with E-state index in [0.29, 0.717) is 12.8 Å². The number of aliphatic hydroxyl groups is 1. The highest BCUT2D eigenvalue weighted by Crippen LogP contribution is 2.27. The number of alkyl carbamates (subject to hydrolysis) is 1. The zero-order chi connectivity index (χ0) is 29.1. The fourth-order valence-corrected chi connectivity index (χ4v) is 5.41. The second-order valence-electron chi connectivity index (χ2n) is 11.9. The number of hydrogen-bond acceptors (Lipinski definition) is 5. The van der Waals surface area contributed by atoms with Gasteiger partial charge in [0.15, 0.2) is 0 Å². The van der Waals surface area contributed by atoms with E-state index in [1.54, 1.807) is 20.8 Å². The van der Waals surface area contributed by atoms with E-state index in [4.69, 9.17) is 10.5 Å². The smallest absolute Gasteiger partial charge is 0.407 e. The lowest BCUT2D eigenvalue weighted by Gasteiger charge is -2.32. The molecule has 4 atom stereocenters. The molecule has 1 aliphatic carbocycles.